The number of hydrogen-bond donors (Lipinski definition) is 2. The number of aliphatic carboxylic acids is 1. The molecule has 2 N–H and O–H groups in total. The van der Waals surface area contributed by atoms with E-state index in [-0.39, 0.29) is 6.42 Å². The number of rotatable bonds is 3. The van der Waals surface area contributed by atoms with Crippen molar-refractivity contribution in [2.75, 3.05) is 6.54 Å². The summed E-state index contributed by atoms with van der Waals surface area (Å²) in [5.41, 5.74) is 0. The van der Waals surface area contributed by atoms with Gasteiger partial charge >= 0.3 is 5.97 Å². The summed E-state index contributed by atoms with van der Waals surface area (Å²) >= 11 is 2.86. The van der Waals surface area contributed by atoms with E-state index >= 15 is 0 Å². The first kappa shape index (κ1) is 6.91. The Hall–Kier alpha value is -0.0900. The van der Waals surface area contributed by atoms with Gasteiger partial charge in [0.15, 0.2) is 0 Å². The van der Waals surface area contributed by atoms with Crippen LogP contribution in [0.5, 0.6) is 0 Å². The highest BCUT2D eigenvalue weighted by molar-refractivity contribution is 9.08. The average Bonchev–Trinajstić information content (AvgIpc) is 1.61. The molecule has 0 aliphatic rings. The van der Waals surface area contributed by atoms with Crippen molar-refractivity contribution in [3.8, 4) is 0 Å². The summed E-state index contributed by atoms with van der Waals surface area (Å²) in [6.07, 6.45) is 0.158. The maximum absolute atomic E-state index is 9.70. The molecule has 0 aromatic heterocycles. The van der Waals surface area contributed by atoms with Gasteiger partial charge in [0.25, 0.3) is 0 Å². The number of carboxylic acid groups (broad SMARTS) is 1. The highest BCUT2D eigenvalue weighted by Crippen LogP contribution is 1.75. The van der Waals surface area contributed by atoms with Gasteiger partial charge in [0, 0.05) is 22.7 Å². The SMILES string of the molecule is O=C(O)CCNBr. The van der Waals surface area contributed by atoms with Gasteiger partial charge in [-0.1, -0.05) is 0 Å². The minimum Gasteiger partial charge on any atom is -0.481 e. The molecule has 0 atom stereocenters. The maximum atomic E-state index is 9.70. The van der Waals surface area contributed by atoms with E-state index in [2.05, 4.69) is 20.5 Å². The van der Waals surface area contributed by atoms with Crippen LogP contribution >= 0.6 is 16.1 Å². The molecular weight excluding hydrogens is 162 g/mol. The Morgan fingerprint density at radius 1 is 1.86 bits per heavy atom. The smallest absolute Gasteiger partial charge is 0.304 e. The minimum atomic E-state index is -0.785. The average molecular weight is 168 g/mol. The zero-order valence-corrected chi connectivity index (χ0v) is 5.23. The predicted octanol–water partition coefficient (Wildman–Crippen LogP) is 0.361. The van der Waals surface area contributed by atoms with E-state index in [0.29, 0.717) is 6.54 Å². The van der Waals surface area contributed by atoms with Gasteiger partial charge in [0.1, 0.15) is 0 Å². The summed E-state index contributed by atoms with van der Waals surface area (Å²) in [7, 11) is 0. The quantitative estimate of drug-likeness (QED) is 0.598. The molecule has 7 heavy (non-hydrogen) atoms. The van der Waals surface area contributed by atoms with E-state index in [0.717, 1.165) is 0 Å². The molecule has 0 aromatic rings. The first-order valence-corrected chi connectivity index (χ1v) is 2.62. The van der Waals surface area contributed by atoms with Crippen molar-refractivity contribution < 1.29 is 9.90 Å². The number of nitrogens with one attached hydrogen (secondary N) is 1. The lowest BCUT2D eigenvalue weighted by atomic mass is 10.5. The topological polar surface area (TPSA) is 49.3 Å². The Kier molecular flexibility index (Phi) is 4.03. The van der Waals surface area contributed by atoms with Crippen molar-refractivity contribution in [3.63, 3.8) is 0 Å². The Morgan fingerprint density at radius 2 is 2.43 bits per heavy atom. The van der Waals surface area contributed by atoms with Gasteiger partial charge in [-0.25, -0.2) is 0 Å². The molecule has 0 aromatic carbocycles. The molecule has 4 heteroatoms. The van der Waals surface area contributed by atoms with Crippen molar-refractivity contribution in [1.82, 2.24) is 4.34 Å². The van der Waals surface area contributed by atoms with Gasteiger partial charge < -0.3 is 5.11 Å². The summed E-state index contributed by atoms with van der Waals surface area (Å²) in [5.74, 6) is -0.785. The van der Waals surface area contributed by atoms with Crippen LogP contribution in [-0.4, -0.2) is 17.6 Å². The Bertz CT molecular complexity index is 66.0. The summed E-state index contributed by atoms with van der Waals surface area (Å²) in [6.45, 7) is 0.468. The van der Waals surface area contributed by atoms with Gasteiger partial charge in [-0.05, 0) is 0 Å². The van der Waals surface area contributed by atoms with Crippen LogP contribution in [0.25, 0.3) is 0 Å². The van der Waals surface area contributed by atoms with Gasteiger partial charge in [-0.3, -0.25) is 9.14 Å². The van der Waals surface area contributed by atoms with Gasteiger partial charge in [-0.2, -0.15) is 0 Å². The molecule has 0 heterocycles. The zero-order chi connectivity index (χ0) is 5.70. The minimum absolute atomic E-state index is 0.158. The summed E-state index contributed by atoms with van der Waals surface area (Å²) in [5, 5.41) is 7.98. The van der Waals surface area contributed by atoms with E-state index < -0.39 is 5.97 Å². The summed E-state index contributed by atoms with van der Waals surface area (Å²) in [6, 6.07) is 0. The summed E-state index contributed by atoms with van der Waals surface area (Å²) < 4.78 is 2.53. The second-order valence-corrected chi connectivity index (χ2v) is 1.59. The molecule has 42 valence electrons. The highest BCUT2D eigenvalue weighted by atomic mass is 79.9. The van der Waals surface area contributed by atoms with Crippen LogP contribution in [0.2, 0.25) is 0 Å². The Balaban J connectivity index is 2.82. The molecular formula is C3H6BrNO2. The molecule has 0 spiro atoms. The molecule has 3 nitrogen and oxygen atoms in total. The number of halogens is 1. The maximum Gasteiger partial charge on any atom is 0.304 e. The molecule has 0 radical (unpaired) electrons. The molecule has 0 unspecified atom stereocenters. The second-order valence-electron chi connectivity index (χ2n) is 1.03. The second kappa shape index (κ2) is 4.08. The molecule has 0 saturated heterocycles. The van der Waals surface area contributed by atoms with E-state index in [1.54, 1.807) is 0 Å². The van der Waals surface area contributed by atoms with Crippen LogP contribution in [-0.2, 0) is 4.79 Å². The van der Waals surface area contributed by atoms with Crippen molar-refractivity contribution >= 4 is 22.1 Å². The van der Waals surface area contributed by atoms with E-state index in [4.69, 9.17) is 5.11 Å². The Labute approximate surface area is 50.1 Å². The van der Waals surface area contributed by atoms with Crippen LogP contribution in [0.15, 0.2) is 0 Å². The first-order valence-electron chi connectivity index (χ1n) is 1.82. The summed E-state index contributed by atoms with van der Waals surface area (Å²) in [4.78, 5) is 9.70. The number of carboxylic acids is 1. The van der Waals surface area contributed by atoms with Crippen molar-refractivity contribution in [2.24, 2.45) is 0 Å². The van der Waals surface area contributed by atoms with Crippen molar-refractivity contribution in [3.05, 3.63) is 0 Å². The fourth-order valence-electron chi connectivity index (χ4n) is 0.154. The molecule has 0 aliphatic heterocycles. The molecule has 0 saturated carbocycles. The van der Waals surface area contributed by atoms with Crippen LogP contribution in [0.1, 0.15) is 6.42 Å². The van der Waals surface area contributed by atoms with Gasteiger partial charge in [0.2, 0.25) is 0 Å². The largest absolute Gasteiger partial charge is 0.481 e. The van der Waals surface area contributed by atoms with E-state index in [9.17, 15) is 4.79 Å². The molecule has 0 aliphatic carbocycles. The van der Waals surface area contributed by atoms with Crippen LogP contribution in [0.3, 0.4) is 0 Å². The fraction of sp³-hybridized carbons (Fsp3) is 0.667. The van der Waals surface area contributed by atoms with Crippen LogP contribution < -0.4 is 4.34 Å². The highest BCUT2D eigenvalue weighted by Gasteiger charge is 1.90. The Morgan fingerprint density at radius 3 is 2.57 bits per heavy atom. The zero-order valence-electron chi connectivity index (χ0n) is 3.65. The lowest BCUT2D eigenvalue weighted by molar-refractivity contribution is -0.136. The van der Waals surface area contributed by atoms with Crippen LogP contribution in [0, 0.1) is 0 Å². The monoisotopic (exact) mass is 167 g/mol. The number of hydrogen-bond acceptors (Lipinski definition) is 2. The lowest BCUT2D eigenvalue weighted by Gasteiger charge is -1.87. The fourth-order valence-corrected chi connectivity index (χ4v) is 0.352. The molecule has 0 bridgehead atoms. The number of carbonyl (C=O) groups is 1. The predicted molar refractivity (Wildman–Crippen MR) is 29.2 cm³/mol. The third-order valence-electron chi connectivity index (χ3n) is 0.433. The molecule has 0 amide bonds. The molecule has 0 fully saturated rings. The first-order chi connectivity index (χ1) is 3.27. The van der Waals surface area contributed by atoms with Crippen LogP contribution in [0.4, 0.5) is 0 Å². The third-order valence-corrected chi connectivity index (χ3v) is 0.830. The third kappa shape index (κ3) is 5.91. The van der Waals surface area contributed by atoms with Crippen molar-refractivity contribution in [2.45, 2.75) is 6.42 Å². The molecule has 0 rings (SSSR count). The van der Waals surface area contributed by atoms with Crippen molar-refractivity contribution in [1.29, 1.82) is 0 Å². The normalized spacial score (nSPS) is 8.71. The van der Waals surface area contributed by atoms with E-state index in [1.165, 1.54) is 0 Å². The standard InChI is InChI=1S/C3H6BrNO2/c4-5-2-1-3(6)7/h5H,1-2H2,(H,6,7). The van der Waals surface area contributed by atoms with E-state index in [1.807, 2.05) is 0 Å². The van der Waals surface area contributed by atoms with Gasteiger partial charge in [0.05, 0.1) is 6.42 Å². The van der Waals surface area contributed by atoms with Gasteiger partial charge in [-0.15, -0.1) is 0 Å². The lowest BCUT2D eigenvalue weighted by Crippen LogP contribution is -2.06.